The van der Waals surface area contributed by atoms with Crippen molar-refractivity contribution in [2.75, 3.05) is 25.8 Å². The molecule has 0 bridgehead atoms. The zero-order valence-electron chi connectivity index (χ0n) is 15.4. The molecule has 0 N–H and O–H groups in total. The summed E-state index contributed by atoms with van der Waals surface area (Å²) in [5.41, 5.74) is 0. The van der Waals surface area contributed by atoms with E-state index in [1.165, 1.54) is 54.6 Å². The van der Waals surface area contributed by atoms with Crippen LogP contribution in [0.15, 0.2) is 91.0 Å². The number of nitrogens with zero attached hydrogens (tertiary/aromatic N) is 1. The molecule has 1 saturated heterocycles. The molecule has 0 aromatic heterocycles. The molecular formula is C24H28NP. The van der Waals surface area contributed by atoms with Crippen molar-refractivity contribution < 1.29 is 0 Å². The number of hydrogen-bond donors (Lipinski definition) is 0. The van der Waals surface area contributed by atoms with E-state index >= 15 is 0 Å². The summed E-state index contributed by atoms with van der Waals surface area (Å²) < 4.78 is 0. The van der Waals surface area contributed by atoms with Gasteiger partial charge in [0, 0.05) is 0 Å². The summed E-state index contributed by atoms with van der Waals surface area (Å²) in [5.74, 6) is 0. The van der Waals surface area contributed by atoms with Gasteiger partial charge in [0.15, 0.2) is 0 Å². The number of likely N-dealkylation sites (tertiary alicyclic amines) is 1. The summed E-state index contributed by atoms with van der Waals surface area (Å²) in [6.45, 7) is 3.73. The van der Waals surface area contributed by atoms with Gasteiger partial charge in [0.1, 0.15) is 0 Å². The molecule has 3 aromatic carbocycles. The van der Waals surface area contributed by atoms with Crippen molar-refractivity contribution in [3.63, 3.8) is 0 Å². The van der Waals surface area contributed by atoms with Crippen molar-refractivity contribution in [3.05, 3.63) is 91.0 Å². The van der Waals surface area contributed by atoms with Gasteiger partial charge in [-0.05, 0) is 0 Å². The molecule has 1 aliphatic heterocycles. The molecule has 1 heterocycles. The van der Waals surface area contributed by atoms with Crippen LogP contribution in [0.1, 0.15) is 12.8 Å². The fraction of sp³-hybridized carbons (Fsp3) is 0.250. The Labute approximate surface area is 158 Å². The van der Waals surface area contributed by atoms with Crippen LogP contribution in [0.2, 0.25) is 0 Å². The van der Waals surface area contributed by atoms with E-state index in [2.05, 4.69) is 95.9 Å². The molecule has 0 amide bonds. The molecule has 1 fully saturated rings. The topological polar surface area (TPSA) is 3.24 Å². The summed E-state index contributed by atoms with van der Waals surface area (Å²) >= 11 is 0. The molecule has 0 atom stereocenters. The Kier molecular flexibility index (Phi) is 5.48. The molecule has 1 aliphatic rings. The summed E-state index contributed by atoms with van der Waals surface area (Å²) in [5, 5.41) is 4.57. The maximum atomic E-state index is 2.66. The third kappa shape index (κ3) is 3.47. The molecule has 1 nitrogen and oxygen atoms in total. The van der Waals surface area contributed by atoms with Crippen LogP contribution in [0.3, 0.4) is 0 Å². The SMILES string of the molecule is c1ccc([PH](CCN2CCCC2)(c2ccccc2)c2ccccc2)cc1. The number of hydrogen-bond acceptors (Lipinski definition) is 1. The van der Waals surface area contributed by atoms with E-state index in [1.54, 1.807) is 0 Å². The molecule has 4 rings (SSSR count). The molecule has 0 spiro atoms. The second kappa shape index (κ2) is 8.16. The van der Waals surface area contributed by atoms with Gasteiger partial charge in [-0.1, -0.05) is 0 Å². The summed E-state index contributed by atoms with van der Waals surface area (Å²) in [6, 6.07) is 33.8. The zero-order chi connectivity index (χ0) is 17.7. The van der Waals surface area contributed by atoms with E-state index in [-0.39, 0.29) is 0 Å². The van der Waals surface area contributed by atoms with Crippen LogP contribution in [0.25, 0.3) is 0 Å². The molecule has 0 radical (unpaired) electrons. The number of rotatable bonds is 6. The average molecular weight is 361 g/mol. The maximum absolute atomic E-state index is 2.66. The van der Waals surface area contributed by atoms with Crippen molar-refractivity contribution in [2.24, 2.45) is 0 Å². The van der Waals surface area contributed by atoms with E-state index < -0.39 is 7.26 Å². The predicted molar refractivity (Wildman–Crippen MR) is 117 cm³/mol. The van der Waals surface area contributed by atoms with Gasteiger partial charge in [0.25, 0.3) is 0 Å². The molecule has 0 unspecified atom stereocenters. The first kappa shape index (κ1) is 17.5. The Morgan fingerprint density at radius 2 is 0.962 bits per heavy atom. The minimum atomic E-state index is -2.03. The van der Waals surface area contributed by atoms with Crippen molar-refractivity contribution in [3.8, 4) is 0 Å². The van der Waals surface area contributed by atoms with Gasteiger partial charge in [-0.3, -0.25) is 0 Å². The van der Waals surface area contributed by atoms with Gasteiger partial charge < -0.3 is 0 Å². The first-order chi connectivity index (χ1) is 12.9. The van der Waals surface area contributed by atoms with Gasteiger partial charge >= 0.3 is 158 Å². The summed E-state index contributed by atoms with van der Waals surface area (Å²) in [4.78, 5) is 2.66. The van der Waals surface area contributed by atoms with Crippen molar-refractivity contribution in [1.82, 2.24) is 4.90 Å². The Hall–Kier alpha value is -1.95. The second-order valence-corrected chi connectivity index (χ2v) is 11.3. The first-order valence-corrected chi connectivity index (χ1v) is 12.0. The van der Waals surface area contributed by atoms with E-state index in [1.807, 2.05) is 0 Å². The molecule has 26 heavy (non-hydrogen) atoms. The Bertz CT molecular complexity index is 699. The van der Waals surface area contributed by atoms with E-state index in [9.17, 15) is 0 Å². The van der Waals surface area contributed by atoms with Crippen molar-refractivity contribution in [1.29, 1.82) is 0 Å². The first-order valence-electron chi connectivity index (χ1n) is 9.78. The standard InChI is InChI=1S/C24H28NP/c1-4-12-22(13-5-1)26(23-14-6-2-7-15-23,24-16-8-3-9-17-24)21-20-25-18-10-11-19-25/h1-9,12-17,26H,10-11,18-21H2. The predicted octanol–water partition coefficient (Wildman–Crippen LogP) is 3.81. The molecule has 2 heteroatoms. The Morgan fingerprint density at radius 1 is 0.577 bits per heavy atom. The molecule has 134 valence electrons. The number of benzene rings is 3. The van der Waals surface area contributed by atoms with E-state index in [0.29, 0.717) is 0 Å². The van der Waals surface area contributed by atoms with E-state index in [0.717, 1.165) is 0 Å². The van der Waals surface area contributed by atoms with E-state index in [4.69, 9.17) is 0 Å². The van der Waals surface area contributed by atoms with Gasteiger partial charge in [-0.15, -0.1) is 0 Å². The minimum absolute atomic E-state index is 1.20. The molecule has 0 aliphatic carbocycles. The zero-order valence-corrected chi connectivity index (χ0v) is 16.4. The van der Waals surface area contributed by atoms with Gasteiger partial charge in [-0.25, -0.2) is 0 Å². The van der Waals surface area contributed by atoms with Crippen LogP contribution in [0.5, 0.6) is 0 Å². The molecular weight excluding hydrogens is 333 g/mol. The van der Waals surface area contributed by atoms with Crippen molar-refractivity contribution in [2.45, 2.75) is 12.8 Å². The van der Waals surface area contributed by atoms with Gasteiger partial charge in [0.2, 0.25) is 0 Å². The Balaban J connectivity index is 1.84. The van der Waals surface area contributed by atoms with Crippen LogP contribution < -0.4 is 15.9 Å². The van der Waals surface area contributed by atoms with Crippen LogP contribution >= 0.6 is 7.26 Å². The summed E-state index contributed by atoms with van der Waals surface area (Å²) in [7, 11) is -2.03. The Morgan fingerprint density at radius 3 is 1.35 bits per heavy atom. The quantitative estimate of drug-likeness (QED) is 0.604. The third-order valence-electron chi connectivity index (χ3n) is 5.80. The summed E-state index contributed by atoms with van der Waals surface area (Å²) in [6.07, 6.45) is 3.96. The fourth-order valence-electron chi connectivity index (χ4n) is 4.43. The van der Waals surface area contributed by atoms with Gasteiger partial charge in [-0.2, -0.15) is 0 Å². The van der Waals surface area contributed by atoms with Crippen molar-refractivity contribution >= 4 is 23.2 Å². The van der Waals surface area contributed by atoms with Crippen LogP contribution in [-0.2, 0) is 0 Å². The second-order valence-electron chi connectivity index (χ2n) is 7.30. The van der Waals surface area contributed by atoms with Crippen LogP contribution in [-0.4, -0.2) is 30.7 Å². The monoisotopic (exact) mass is 361 g/mol. The molecule has 0 saturated carbocycles. The molecule has 3 aromatic rings. The average Bonchev–Trinajstić information content (AvgIpc) is 3.25. The fourth-order valence-corrected chi connectivity index (χ4v) is 9.24. The van der Waals surface area contributed by atoms with Gasteiger partial charge in [0.05, 0.1) is 0 Å². The normalized spacial score (nSPS) is 15.8. The third-order valence-corrected chi connectivity index (χ3v) is 10.7. The van der Waals surface area contributed by atoms with Crippen LogP contribution in [0, 0.1) is 0 Å². The van der Waals surface area contributed by atoms with Crippen LogP contribution in [0.4, 0.5) is 0 Å².